The Kier molecular flexibility index (Phi) is 2.23. The lowest BCUT2D eigenvalue weighted by Crippen LogP contribution is -2.11. The molecule has 2 heterocycles. The van der Waals surface area contributed by atoms with E-state index in [4.69, 9.17) is 4.42 Å². The van der Waals surface area contributed by atoms with Crippen LogP contribution in [0.15, 0.2) is 16.5 Å². The first-order chi connectivity index (χ1) is 7.18. The standard InChI is InChI=1S/C14H21NO/c1-13(2,3)11-8-10-9(15-11)7-12(16-10)14(4,5)6/h7-8,15H,1-6H3. The highest BCUT2D eigenvalue weighted by atomic mass is 16.3. The Labute approximate surface area is 97.0 Å². The molecule has 2 nitrogen and oxygen atoms in total. The average molecular weight is 219 g/mol. The lowest BCUT2D eigenvalue weighted by atomic mass is 9.92. The molecule has 0 bridgehead atoms. The van der Waals surface area contributed by atoms with Gasteiger partial charge in [0.05, 0.1) is 5.52 Å². The van der Waals surface area contributed by atoms with Crippen molar-refractivity contribution in [2.24, 2.45) is 0 Å². The van der Waals surface area contributed by atoms with E-state index in [1.165, 1.54) is 5.69 Å². The molecule has 2 aromatic rings. The quantitative estimate of drug-likeness (QED) is 0.701. The maximum absolute atomic E-state index is 5.88. The summed E-state index contributed by atoms with van der Waals surface area (Å²) >= 11 is 0. The third kappa shape index (κ3) is 1.89. The SMILES string of the molecule is CC(C)(C)c1cc2oc(C(C)(C)C)cc2[nH]1. The van der Waals surface area contributed by atoms with Gasteiger partial charge in [-0.05, 0) is 0 Å². The summed E-state index contributed by atoms with van der Waals surface area (Å²) in [5, 5.41) is 0. The fourth-order valence-electron chi connectivity index (χ4n) is 1.70. The number of furan rings is 1. The molecule has 0 atom stereocenters. The molecule has 0 radical (unpaired) electrons. The predicted molar refractivity (Wildman–Crippen MR) is 68.0 cm³/mol. The van der Waals surface area contributed by atoms with Gasteiger partial charge in [-0.2, -0.15) is 0 Å². The second-order valence-electron chi connectivity index (χ2n) is 6.57. The number of hydrogen-bond donors (Lipinski definition) is 1. The molecule has 0 amide bonds. The molecule has 0 aromatic carbocycles. The molecule has 0 aliphatic heterocycles. The highest BCUT2D eigenvalue weighted by molar-refractivity contribution is 5.76. The Balaban J connectivity index is 2.49. The van der Waals surface area contributed by atoms with Crippen molar-refractivity contribution in [2.45, 2.75) is 52.4 Å². The van der Waals surface area contributed by atoms with Crippen molar-refractivity contribution in [3.63, 3.8) is 0 Å². The molecule has 16 heavy (non-hydrogen) atoms. The minimum atomic E-state index is 0.0712. The van der Waals surface area contributed by atoms with Crippen molar-refractivity contribution in [3.05, 3.63) is 23.6 Å². The highest BCUT2D eigenvalue weighted by Gasteiger charge is 2.22. The number of fused-ring (bicyclic) bond motifs is 1. The van der Waals surface area contributed by atoms with Crippen molar-refractivity contribution >= 4 is 11.1 Å². The van der Waals surface area contributed by atoms with Crippen LogP contribution in [0.2, 0.25) is 0 Å². The summed E-state index contributed by atoms with van der Waals surface area (Å²) in [7, 11) is 0. The van der Waals surface area contributed by atoms with Crippen LogP contribution in [0.25, 0.3) is 11.1 Å². The summed E-state index contributed by atoms with van der Waals surface area (Å²) in [6.45, 7) is 13.1. The molecular formula is C14H21NO. The van der Waals surface area contributed by atoms with E-state index < -0.39 is 0 Å². The second kappa shape index (κ2) is 3.16. The van der Waals surface area contributed by atoms with Crippen molar-refractivity contribution in [1.82, 2.24) is 4.98 Å². The Morgan fingerprint density at radius 1 is 0.938 bits per heavy atom. The fraction of sp³-hybridized carbons (Fsp3) is 0.571. The van der Waals surface area contributed by atoms with E-state index in [1.54, 1.807) is 0 Å². The van der Waals surface area contributed by atoms with Crippen LogP contribution in [-0.4, -0.2) is 4.98 Å². The van der Waals surface area contributed by atoms with Crippen LogP contribution in [0.3, 0.4) is 0 Å². The van der Waals surface area contributed by atoms with E-state index in [0.29, 0.717) is 0 Å². The summed E-state index contributed by atoms with van der Waals surface area (Å²) in [6.07, 6.45) is 0. The van der Waals surface area contributed by atoms with Gasteiger partial charge in [0.25, 0.3) is 0 Å². The van der Waals surface area contributed by atoms with Crippen molar-refractivity contribution in [2.75, 3.05) is 0 Å². The molecule has 0 aliphatic rings. The largest absolute Gasteiger partial charge is 0.459 e. The minimum Gasteiger partial charge on any atom is -0.459 e. The molecule has 0 fully saturated rings. The third-order valence-corrected chi connectivity index (χ3v) is 2.85. The van der Waals surface area contributed by atoms with Gasteiger partial charge >= 0.3 is 0 Å². The number of aromatic nitrogens is 1. The predicted octanol–water partition coefficient (Wildman–Crippen LogP) is 4.36. The number of rotatable bonds is 0. The van der Waals surface area contributed by atoms with E-state index in [-0.39, 0.29) is 10.8 Å². The van der Waals surface area contributed by atoms with Crippen LogP contribution < -0.4 is 0 Å². The van der Waals surface area contributed by atoms with Crippen LogP contribution in [0.5, 0.6) is 0 Å². The van der Waals surface area contributed by atoms with Crippen molar-refractivity contribution < 1.29 is 4.42 Å². The molecule has 2 rings (SSSR count). The van der Waals surface area contributed by atoms with Gasteiger partial charge < -0.3 is 9.40 Å². The normalized spacial score (nSPS) is 13.6. The van der Waals surface area contributed by atoms with Crippen LogP contribution in [0, 0.1) is 0 Å². The van der Waals surface area contributed by atoms with E-state index >= 15 is 0 Å². The maximum Gasteiger partial charge on any atom is 0.152 e. The van der Waals surface area contributed by atoms with Gasteiger partial charge in [0.2, 0.25) is 0 Å². The van der Waals surface area contributed by atoms with E-state index in [2.05, 4.69) is 58.7 Å². The number of hydrogen-bond acceptors (Lipinski definition) is 1. The molecule has 88 valence electrons. The zero-order chi connectivity index (χ0) is 12.1. The number of nitrogens with one attached hydrogen (secondary N) is 1. The topological polar surface area (TPSA) is 28.9 Å². The molecule has 2 heteroatoms. The van der Waals surface area contributed by atoms with Gasteiger partial charge in [-0.3, -0.25) is 0 Å². The minimum absolute atomic E-state index is 0.0712. The molecule has 0 aliphatic carbocycles. The highest BCUT2D eigenvalue weighted by Crippen LogP contribution is 2.32. The first-order valence-electron chi connectivity index (χ1n) is 5.81. The van der Waals surface area contributed by atoms with E-state index in [1.807, 2.05) is 0 Å². The summed E-state index contributed by atoms with van der Waals surface area (Å²) in [5.74, 6) is 1.04. The fourth-order valence-corrected chi connectivity index (χ4v) is 1.70. The maximum atomic E-state index is 5.88. The first-order valence-corrected chi connectivity index (χ1v) is 5.81. The average Bonchev–Trinajstić information content (AvgIpc) is 2.53. The second-order valence-corrected chi connectivity index (χ2v) is 6.57. The van der Waals surface area contributed by atoms with E-state index in [0.717, 1.165) is 16.9 Å². The Hall–Kier alpha value is -1.18. The van der Waals surface area contributed by atoms with Crippen LogP contribution >= 0.6 is 0 Å². The molecule has 0 unspecified atom stereocenters. The van der Waals surface area contributed by atoms with Crippen molar-refractivity contribution in [3.8, 4) is 0 Å². The summed E-state index contributed by atoms with van der Waals surface area (Å²) < 4.78 is 5.88. The van der Waals surface area contributed by atoms with Gasteiger partial charge in [-0.25, -0.2) is 0 Å². The van der Waals surface area contributed by atoms with Gasteiger partial charge in [0.1, 0.15) is 5.76 Å². The zero-order valence-corrected chi connectivity index (χ0v) is 11.1. The van der Waals surface area contributed by atoms with E-state index in [9.17, 15) is 0 Å². The van der Waals surface area contributed by atoms with Crippen molar-refractivity contribution in [1.29, 1.82) is 0 Å². The Morgan fingerprint density at radius 3 is 2.00 bits per heavy atom. The number of aromatic amines is 1. The molecule has 2 aromatic heterocycles. The van der Waals surface area contributed by atoms with Gasteiger partial charge in [0, 0.05) is 28.7 Å². The summed E-state index contributed by atoms with van der Waals surface area (Å²) in [4.78, 5) is 3.43. The van der Waals surface area contributed by atoms with Crippen LogP contribution in [0.1, 0.15) is 53.0 Å². The summed E-state index contributed by atoms with van der Waals surface area (Å²) in [6, 6.07) is 4.23. The molecule has 0 saturated carbocycles. The third-order valence-electron chi connectivity index (χ3n) is 2.85. The Morgan fingerprint density at radius 2 is 1.56 bits per heavy atom. The van der Waals surface area contributed by atoms with Gasteiger partial charge in [0.15, 0.2) is 5.58 Å². The van der Waals surface area contributed by atoms with Crippen LogP contribution in [0.4, 0.5) is 0 Å². The monoisotopic (exact) mass is 219 g/mol. The first kappa shape index (κ1) is 11.3. The zero-order valence-electron chi connectivity index (χ0n) is 11.1. The summed E-state index contributed by atoms with van der Waals surface area (Å²) in [5.41, 5.74) is 3.51. The smallest absolute Gasteiger partial charge is 0.152 e. The molecule has 0 spiro atoms. The van der Waals surface area contributed by atoms with Gasteiger partial charge in [-0.1, -0.05) is 41.5 Å². The Bertz CT molecular complexity index is 428. The molecule has 0 saturated heterocycles. The molecular weight excluding hydrogens is 198 g/mol. The lowest BCUT2D eigenvalue weighted by molar-refractivity contribution is 0.430. The van der Waals surface area contributed by atoms with Gasteiger partial charge in [-0.15, -0.1) is 0 Å². The van der Waals surface area contributed by atoms with Crippen LogP contribution in [-0.2, 0) is 10.8 Å². The lowest BCUT2D eigenvalue weighted by Gasteiger charge is -2.16. The number of H-pyrrole nitrogens is 1. The molecule has 1 N–H and O–H groups in total.